The number of alkyl halides is 1. The van der Waals surface area contributed by atoms with Gasteiger partial charge in [0.2, 0.25) is 0 Å². The molecule has 53 valence electrons. The van der Waals surface area contributed by atoms with Gasteiger partial charge in [0.15, 0.2) is 6.30 Å². The molecule has 1 radical (unpaired) electrons. The Balaban J connectivity index is 2.11. The lowest BCUT2D eigenvalue weighted by atomic mass is 10.3. The van der Waals surface area contributed by atoms with Crippen LogP contribution in [0.25, 0.3) is 0 Å². The molecule has 1 aliphatic heterocycles. The van der Waals surface area contributed by atoms with Crippen LogP contribution >= 0.6 is 0 Å². The van der Waals surface area contributed by atoms with E-state index in [-0.39, 0.29) is 0 Å². The lowest BCUT2D eigenvalue weighted by molar-refractivity contribution is 0.175. The number of hydrogen-bond donors (Lipinski definition) is 0. The summed E-state index contributed by atoms with van der Waals surface area (Å²) in [6, 6.07) is 0.478. The Morgan fingerprint density at radius 1 is 1.89 bits per heavy atom. The average Bonchev–Trinajstić information content (AvgIpc) is 2.47. The molecule has 0 aromatic heterocycles. The van der Waals surface area contributed by atoms with Gasteiger partial charge < -0.3 is 0 Å². The van der Waals surface area contributed by atoms with E-state index < -0.39 is 6.30 Å². The van der Waals surface area contributed by atoms with Gasteiger partial charge in [-0.3, -0.25) is 4.90 Å². The lowest BCUT2D eigenvalue weighted by Gasteiger charge is -2.06. The van der Waals surface area contributed by atoms with E-state index in [1.54, 1.807) is 0 Å². The van der Waals surface area contributed by atoms with Gasteiger partial charge in [0.05, 0.1) is 0 Å². The van der Waals surface area contributed by atoms with Crippen LogP contribution in [0.1, 0.15) is 19.8 Å². The minimum atomic E-state index is -0.725. The number of halogens is 1. The van der Waals surface area contributed by atoms with Crippen molar-refractivity contribution >= 4 is 0 Å². The maximum Gasteiger partial charge on any atom is 0.153 e. The van der Waals surface area contributed by atoms with Gasteiger partial charge in [0.25, 0.3) is 0 Å². The number of rotatable bonds is 3. The van der Waals surface area contributed by atoms with Crippen LogP contribution in [0.4, 0.5) is 4.39 Å². The zero-order valence-electron chi connectivity index (χ0n) is 5.81. The maximum absolute atomic E-state index is 12.7. The smallest absolute Gasteiger partial charge is 0.153 e. The summed E-state index contributed by atoms with van der Waals surface area (Å²) >= 11 is 0. The lowest BCUT2D eigenvalue weighted by Crippen LogP contribution is -2.13. The Labute approximate surface area is 55.8 Å². The van der Waals surface area contributed by atoms with Crippen molar-refractivity contribution in [2.45, 2.75) is 32.1 Å². The summed E-state index contributed by atoms with van der Waals surface area (Å²) in [5.74, 6) is 0. The zero-order chi connectivity index (χ0) is 6.85. The van der Waals surface area contributed by atoms with Crippen LogP contribution in [0.3, 0.4) is 0 Å². The fourth-order valence-corrected chi connectivity index (χ4v) is 0.983. The number of nitrogens with zero attached hydrogens (tertiary/aromatic N) is 1. The van der Waals surface area contributed by atoms with E-state index in [9.17, 15) is 4.39 Å². The highest BCUT2D eigenvalue weighted by Crippen LogP contribution is 2.23. The molecule has 1 nitrogen and oxygen atoms in total. The molecule has 2 heteroatoms. The summed E-state index contributed by atoms with van der Waals surface area (Å²) in [7, 11) is 0. The van der Waals surface area contributed by atoms with Crippen molar-refractivity contribution in [2.75, 3.05) is 6.54 Å². The van der Waals surface area contributed by atoms with Crippen molar-refractivity contribution in [1.82, 2.24) is 4.90 Å². The molecule has 1 aliphatic rings. The second kappa shape index (κ2) is 2.65. The summed E-state index contributed by atoms with van der Waals surface area (Å²) in [4.78, 5) is 1.84. The van der Waals surface area contributed by atoms with Gasteiger partial charge in [0.1, 0.15) is 0 Å². The maximum atomic E-state index is 12.7. The van der Waals surface area contributed by atoms with E-state index in [2.05, 4.69) is 6.92 Å². The molecule has 3 unspecified atom stereocenters. The van der Waals surface area contributed by atoms with Gasteiger partial charge in [-0.15, -0.1) is 0 Å². The van der Waals surface area contributed by atoms with Crippen LogP contribution in [0.2, 0.25) is 0 Å². The van der Waals surface area contributed by atoms with Crippen molar-refractivity contribution < 1.29 is 4.39 Å². The van der Waals surface area contributed by atoms with Gasteiger partial charge in [-0.1, -0.05) is 6.92 Å². The Hall–Kier alpha value is -0.110. The highest BCUT2D eigenvalue weighted by atomic mass is 19.1. The van der Waals surface area contributed by atoms with E-state index >= 15 is 0 Å². The third kappa shape index (κ3) is 1.65. The SMILES string of the molecule is [CH2]CCC(F)N1CC1C. The molecule has 0 amide bonds. The summed E-state index contributed by atoms with van der Waals surface area (Å²) in [6.45, 7) is 6.56. The van der Waals surface area contributed by atoms with Crippen molar-refractivity contribution in [3.05, 3.63) is 6.92 Å². The Bertz CT molecular complexity index is 94.9. The molecule has 1 saturated heterocycles. The van der Waals surface area contributed by atoms with E-state index in [1.807, 2.05) is 11.8 Å². The fraction of sp³-hybridized carbons (Fsp3) is 0.857. The monoisotopic (exact) mass is 130 g/mol. The molecule has 0 N–H and O–H groups in total. The zero-order valence-corrected chi connectivity index (χ0v) is 5.81. The van der Waals surface area contributed by atoms with Crippen LogP contribution in [0.5, 0.6) is 0 Å². The fourth-order valence-electron chi connectivity index (χ4n) is 0.983. The van der Waals surface area contributed by atoms with Crippen LogP contribution in [0.15, 0.2) is 0 Å². The molecule has 0 bridgehead atoms. The molecule has 1 heterocycles. The van der Waals surface area contributed by atoms with Crippen molar-refractivity contribution in [3.8, 4) is 0 Å². The Morgan fingerprint density at radius 3 is 2.78 bits per heavy atom. The van der Waals surface area contributed by atoms with Crippen molar-refractivity contribution in [3.63, 3.8) is 0 Å². The largest absolute Gasteiger partial charge is 0.268 e. The quantitative estimate of drug-likeness (QED) is 0.414. The predicted molar refractivity (Wildman–Crippen MR) is 35.7 cm³/mol. The van der Waals surface area contributed by atoms with E-state index in [4.69, 9.17) is 0 Å². The molecule has 0 spiro atoms. The first-order chi connectivity index (χ1) is 4.25. The molecule has 0 saturated carbocycles. The highest BCUT2D eigenvalue weighted by Gasteiger charge is 2.35. The molecule has 3 atom stereocenters. The molecule has 0 aliphatic carbocycles. The third-order valence-electron chi connectivity index (χ3n) is 1.71. The van der Waals surface area contributed by atoms with Crippen LogP contribution in [0, 0.1) is 6.92 Å². The van der Waals surface area contributed by atoms with Crippen molar-refractivity contribution in [2.24, 2.45) is 0 Å². The second-order valence-electron chi connectivity index (χ2n) is 2.62. The van der Waals surface area contributed by atoms with Gasteiger partial charge >= 0.3 is 0 Å². The normalized spacial score (nSPS) is 36.3. The van der Waals surface area contributed by atoms with E-state index in [0.717, 1.165) is 6.54 Å². The number of hydrogen-bond acceptors (Lipinski definition) is 1. The minimum Gasteiger partial charge on any atom is -0.268 e. The molecular formula is C7H13FN. The summed E-state index contributed by atoms with van der Waals surface area (Å²) in [6.07, 6.45) is 0.562. The molecular weight excluding hydrogens is 117 g/mol. The van der Waals surface area contributed by atoms with Crippen LogP contribution in [-0.2, 0) is 0 Å². The molecule has 1 rings (SSSR count). The highest BCUT2D eigenvalue weighted by molar-refractivity contribution is 4.86. The van der Waals surface area contributed by atoms with Crippen LogP contribution in [-0.4, -0.2) is 23.8 Å². The topological polar surface area (TPSA) is 3.01 Å². The third-order valence-corrected chi connectivity index (χ3v) is 1.71. The first-order valence-corrected chi connectivity index (χ1v) is 3.44. The molecule has 0 aromatic carbocycles. The molecule has 0 aromatic rings. The summed E-state index contributed by atoms with van der Waals surface area (Å²) in [5.41, 5.74) is 0. The molecule has 1 fully saturated rings. The average molecular weight is 130 g/mol. The minimum absolute atomic E-state index is 0.478. The van der Waals surface area contributed by atoms with Gasteiger partial charge in [-0.25, -0.2) is 4.39 Å². The summed E-state index contributed by atoms with van der Waals surface area (Å²) in [5, 5.41) is 0. The first kappa shape index (κ1) is 7.00. The van der Waals surface area contributed by atoms with Gasteiger partial charge in [-0.2, -0.15) is 0 Å². The van der Waals surface area contributed by atoms with E-state index in [1.165, 1.54) is 0 Å². The first-order valence-electron chi connectivity index (χ1n) is 3.44. The predicted octanol–water partition coefficient (Wildman–Crippen LogP) is 1.60. The Morgan fingerprint density at radius 2 is 2.44 bits per heavy atom. The van der Waals surface area contributed by atoms with Crippen molar-refractivity contribution in [1.29, 1.82) is 0 Å². The molecule has 9 heavy (non-hydrogen) atoms. The van der Waals surface area contributed by atoms with E-state index in [0.29, 0.717) is 18.9 Å². The second-order valence-corrected chi connectivity index (χ2v) is 2.62. The van der Waals surface area contributed by atoms with Gasteiger partial charge in [0, 0.05) is 12.6 Å². The Kier molecular flexibility index (Phi) is 2.06. The summed E-state index contributed by atoms with van der Waals surface area (Å²) < 4.78 is 12.7. The standard InChI is InChI=1S/C7H13FN/c1-3-4-7(8)9-5-6(9)2/h6-7H,1,3-5H2,2H3. The van der Waals surface area contributed by atoms with Gasteiger partial charge in [-0.05, 0) is 19.8 Å². The van der Waals surface area contributed by atoms with Crippen LogP contribution < -0.4 is 0 Å².